The second kappa shape index (κ2) is 6.50. The van der Waals surface area contributed by atoms with Gasteiger partial charge in [0.25, 0.3) is 0 Å². The largest absolute Gasteiger partial charge is 0.472 e. The molecule has 1 aliphatic carbocycles. The van der Waals surface area contributed by atoms with Crippen LogP contribution >= 0.6 is 0 Å². The van der Waals surface area contributed by atoms with Gasteiger partial charge >= 0.3 is 0 Å². The molecule has 1 saturated heterocycles. The summed E-state index contributed by atoms with van der Waals surface area (Å²) in [5.41, 5.74) is -1.46. The van der Waals surface area contributed by atoms with Gasteiger partial charge in [-0.25, -0.2) is 0 Å². The minimum atomic E-state index is -1.56. The van der Waals surface area contributed by atoms with Crippen LogP contribution in [0.3, 0.4) is 0 Å². The molecule has 2 fully saturated rings. The zero-order valence-corrected chi connectivity index (χ0v) is 13.2. The highest BCUT2D eigenvalue weighted by atomic mass is 16.8. The van der Waals surface area contributed by atoms with Crippen molar-refractivity contribution in [1.82, 2.24) is 0 Å². The van der Waals surface area contributed by atoms with E-state index in [0.717, 1.165) is 0 Å². The van der Waals surface area contributed by atoms with Gasteiger partial charge in [-0.15, -0.1) is 0 Å². The minimum absolute atomic E-state index is 0.182. The van der Waals surface area contributed by atoms with Crippen LogP contribution in [0.5, 0.6) is 0 Å². The summed E-state index contributed by atoms with van der Waals surface area (Å²) in [6.07, 6.45) is -5.62. The molecule has 3 rings (SSSR count). The third kappa shape index (κ3) is 2.85. The zero-order chi connectivity index (χ0) is 17.6. The van der Waals surface area contributed by atoms with Crippen LogP contribution in [0.1, 0.15) is 13.3 Å². The predicted octanol–water partition coefficient (Wildman–Crippen LogP) is -2.58. The summed E-state index contributed by atoms with van der Waals surface area (Å²) in [4.78, 5) is 0. The highest BCUT2D eigenvalue weighted by molar-refractivity contribution is 5.10. The number of hydrogen-bond donors (Lipinski definition) is 6. The summed E-state index contributed by atoms with van der Waals surface area (Å²) < 4.78 is 16.3. The molecule has 0 spiro atoms. The Labute approximate surface area is 138 Å². The number of fused-ring (bicyclic) bond motifs is 1. The lowest BCUT2D eigenvalue weighted by Gasteiger charge is -2.43. The van der Waals surface area contributed by atoms with Gasteiger partial charge in [0, 0.05) is 0 Å². The Morgan fingerprint density at radius 2 is 1.83 bits per heavy atom. The SMILES string of the molecule is C[C@@]1(O)[C@H]2[C@H](O[C@@H]3O[C@H](CO)[C@@H](O)[C@H](O)[C@H]3O)OC=C[C@H]2C[C@@H]1O. The molecule has 0 aromatic rings. The fourth-order valence-corrected chi connectivity index (χ4v) is 3.71. The number of rotatable bonds is 3. The Bertz CT molecular complexity index is 480. The maximum absolute atomic E-state index is 10.5. The van der Waals surface area contributed by atoms with Gasteiger partial charge in [-0.1, -0.05) is 0 Å². The number of aliphatic hydroxyl groups excluding tert-OH is 5. The van der Waals surface area contributed by atoms with Gasteiger partial charge in [-0.3, -0.25) is 0 Å². The van der Waals surface area contributed by atoms with E-state index in [1.54, 1.807) is 6.08 Å². The molecule has 24 heavy (non-hydrogen) atoms. The van der Waals surface area contributed by atoms with Crippen molar-refractivity contribution in [1.29, 1.82) is 0 Å². The van der Waals surface area contributed by atoms with Crippen molar-refractivity contribution in [2.75, 3.05) is 6.61 Å². The van der Waals surface area contributed by atoms with Crippen LogP contribution in [0.2, 0.25) is 0 Å². The van der Waals surface area contributed by atoms with E-state index in [-0.39, 0.29) is 5.92 Å². The second-order valence-electron chi connectivity index (χ2n) is 6.83. The third-order valence-corrected chi connectivity index (χ3v) is 5.25. The van der Waals surface area contributed by atoms with Crippen LogP contribution in [-0.2, 0) is 14.2 Å². The van der Waals surface area contributed by atoms with Crippen molar-refractivity contribution in [2.45, 2.75) is 62.0 Å². The van der Waals surface area contributed by atoms with Crippen molar-refractivity contribution >= 4 is 0 Å². The molecule has 2 aliphatic heterocycles. The maximum atomic E-state index is 10.5. The highest BCUT2D eigenvalue weighted by Gasteiger charge is 2.57. The summed E-state index contributed by atoms with van der Waals surface area (Å²) in [5.74, 6) is -0.788. The van der Waals surface area contributed by atoms with E-state index in [9.17, 15) is 30.6 Å². The average molecular weight is 348 g/mol. The summed E-state index contributed by atoms with van der Waals surface area (Å²) in [6, 6.07) is 0. The molecule has 0 unspecified atom stereocenters. The van der Waals surface area contributed by atoms with Crippen LogP contribution in [0.4, 0.5) is 0 Å². The normalized spacial score (nSPS) is 54.4. The van der Waals surface area contributed by atoms with Crippen LogP contribution in [0, 0.1) is 11.8 Å². The molecule has 138 valence electrons. The Morgan fingerprint density at radius 3 is 2.50 bits per heavy atom. The summed E-state index contributed by atoms with van der Waals surface area (Å²) in [7, 11) is 0. The van der Waals surface area contributed by atoms with Gasteiger partial charge in [0.15, 0.2) is 6.29 Å². The molecule has 0 aromatic carbocycles. The van der Waals surface area contributed by atoms with Gasteiger partial charge in [0.1, 0.15) is 24.4 Å². The van der Waals surface area contributed by atoms with E-state index in [1.807, 2.05) is 0 Å². The molecule has 0 bridgehead atoms. The Hall–Kier alpha value is -0.780. The van der Waals surface area contributed by atoms with Gasteiger partial charge in [-0.05, 0) is 25.3 Å². The van der Waals surface area contributed by atoms with Gasteiger partial charge in [0.2, 0.25) is 6.29 Å². The number of ether oxygens (including phenoxy) is 3. The molecule has 6 N–H and O–H groups in total. The zero-order valence-electron chi connectivity index (χ0n) is 13.2. The van der Waals surface area contributed by atoms with Crippen LogP contribution in [0.15, 0.2) is 12.3 Å². The quantitative estimate of drug-likeness (QED) is 0.323. The van der Waals surface area contributed by atoms with Gasteiger partial charge in [0.05, 0.1) is 30.5 Å². The van der Waals surface area contributed by atoms with Crippen molar-refractivity contribution in [3.63, 3.8) is 0 Å². The van der Waals surface area contributed by atoms with E-state index in [2.05, 4.69) is 0 Å². The highest BCUT2D eigenvalue weighted by Crippen LogP contribution is 2.46. The molecule has 2 heterocycles. The minimum Gasteiger partial charge on any atom is -0.472 e. The molecule has 9 heteroatoms. The Kier molecular flexibility index (Phi) is 4.89. The van der Waals surface area contributed by atoms with E-state index < -0.39 is 61.2 Å². The fourth-order valence-electron chi connectivity index (χ4n) is 3.71. The maximum Gasteiger partial charge on any atom is 0.207 e. The molecule has 0 radical (unpaired) electrons. The van der Waals surface area contributed by atoms with E-state index >= 15 is 0 Å². The standard InChI is InChI=1S/C15H24O9/c1-15(21)8(17)4-6-2-3-22-13(9(6)15)24-14-12(20)11(19)10(18)7(5-16)23-14/h2-3,6-14,16-21H,4-5H2,1H3/t6-,7+,8-,9+,10+,11-,12+,13-,14-,15-/m0/s1. The molecule has 0 amide bonds. The van der Waals surface area contributed by atoms with Crippen LogP contribution < -0.4 is 0 Å². The first kappa shape index (κ1) is 18.0. The summed E-state index contributed by atoms with van der Waals surface area (Å²) in [6.45, 7) is 0.910. The average Bonchev–Trinajstić information content (AvgIpc) is 2.78. The van der Waals surface area contributed by atoms with Crippen LogP contribution in [0.25, 0.3) is 0 Å². The lowest BCUT2D eigenvalue weighted by Crippen LogP contribution is -2.60. The van der Waals surface area contributed by atoms with Crippen LogP contribution in [-0.4, -0.2) is 85.9 Å². The van der Waals surface area contributed by atoms with Gasteiger partial charge < -0.3 is 44.8 Å². The lowest BCUT2D eigenvalue weighted by molar-refractivity contribution is -0.346. The van der Waals surface area contributed by atoms with E-state index in [0.29, 0.717) is 6.42 Å². The monoisotopic (exact) mass is 348 g/mol. The van der Waals surface area contributed by atoms with Crippen molar-refractivity contribution in [3.8, 4) is 0 Å². The first-order chi connectivity index (χ1) is 11.3. The summed E-state index contributed by atoms with van der Waals surface area (Å²) >= 11 is 0. The topological polar surface area (TPSA) is 149 Å². The first-order valence-corrected chi connectivity index (χ1v) is 7.96. The summed E-state index contributed by atoms with van der Waals surface area (Å²) in [5, 5.41) is 59.4. The smallest absolute Gasteiger partial charge is 0.207 e. The molecule has 3 aliphatic rings. The third-order valence-electron chi connectivity index (χ3n) is 5.25. The molecule has 10 atom stereocenters. The first-order valence-electron chi connectivity index (χ1n) is 7.96. The lowest BCUT2D eigenvalue weighted by atomic mass is 9.85. The van der Waals surface area contributed by atoms with Crippen molar-refractivity contribution in [2.24, 2.45) is 11.8 Å². The molecule has 0 aromatic heterocycles. The van der Waals surface area contributed by atoms with Gasteiger partial charge in [-0.2, -0.15) is 0 Å². The molecular weight excluding hydrogens is 324 g/mol. The molecule has 9 nitrogen and oxygen atoms in total. The fraction of sp³-hybridized carbons (Fsp3) is 0.867. The molecule has 1 saturated carbocycles. The predicted molar refractivity (Wildman–Crippen MR) is 77.1 cm³/mol. The number of aliphatic hydroxyl groups is 6. The number of allylic oxidation sites excluding steroid dienone is 1. The Morgan fingerprint density at radius 1 is 1.12 bits per heavy atom. The Balaban J connectivity index is 1.76. The van der Waals surface area contributed by atoms with E-state index in [4.69, 9.17) is 14.2 Å². The van der Waals surface area contributed by atoms with Crippen molar-refractivity contribution in [3.05, 3.63) is 12.3 Å². The van der Waals surface area contributed by atoms with E-state index in [1.165, 1.54) is 13.2 Å². The second-order valence-corrected chi connectivity index (χ2v) is 6.83. The number of hydrogen-bond acceptors (Lipinski definition) is 9. The molecular formula is C15H24O9. The van der Waals surface area contributed by atoms with Crippen molar-refractivity contribution < 1.29 is 44.8 Å².